The van der Waals surface area contributed by atoms with E-state index in [4.69, 9.17) is 16.3 Å². The van der Waals surface area contributed by atoms with Crippen molar-refractivity contribution in [3.63, 3.8) is 0 Å². The van der Waals surface area contributed by atoms with Crippen LogP contribution in [0.2, 0.25) is 5.02 Å². The molecule has 0 N–H and O–H groups in total. The van der Waals surface area contributed by atoms with Crippen LogP contribution < -0.4 is 0 Å². The summed E-state index contributed by atoms with van der Waals surface area (Å²) in [5.74, 6) is 0.414. The second-order valence-electron chi connectivity index (χ2n) is 5.04. The second kappa shape index (κ2) is 5.99. The average molecular weight is 309 g/mol. The fourth-order valence-corrected chi connectivity index (χ4v) is 2.83. The van der Waals surface area contributed by atoms with Crippen LogP contribution in [0.25, 0.3) is 5.78 Å². The number of carbonyl (C=O) groups is 1. The second-order valence-corrected chi connectivity index (χ2v) is 5.48. The molecule has 0 bridgehead atoms. The summed E-state index contributed by atoms with van der Waals surface area (Å²) in [4.78, 5) is 22.9. The molecule has 0 saturated carbocycles. The van der Waals surface area contributed by atoms with Crippen molar-refractivity contribution >= 4 is 23.3 Å². The quantitative estimate of drug-likeness (QED) is 0.870. The minimum Gasteiger partial charge on any atom is -0.381 e. The van der Waals surface area contributed by atoms with Crippen LogP contribution in [-0.4, -0.2) is 51.0 Å². The zero-order valence-corrected chi connectivity index (χ0v) is 12.6. The number of fused-ring (bicyclic) bond motifs is 1. The first-order chi connectivity index (χ1) is 10.2. The van der Waals surface area contributed by atoms with Gasteiger partial charge in [-0.15, -0.1) is 0 Å². The molecular weight excluding hydrogens is 292 g/mol. The molecule has 112 valence electrons. The number of hydrogen-bond acceptors (Lipinski definition) is 4. The molecule has 3 rings (SSSR count). The lowest BCUT2D eigenvalue weighted by Crippen LogP contribution is -2.43. The number of imidazole rings is 1. The fourth-order valence-electron chi connectivity index (χ4n) is 2.67. The molecule has 1 aliphatic heterocycles. The third kappa shape index (κ3) is 2.87. The molecule has 3 heterocycles. The van der Waals surface area contributed by atoms with E-state index >= 15 is 0 Å². The van der Waals surface area contributed by atoms with Crippen molar-refractivity contribution in [2.24, 2.45) is 0 Å². The highest BCUT2D eigenvalue weighted by Crippen LogP contribution is 2.17. The van der Waals surface area contributed by atoms with Gasteiger partial charge >= 0.3 is 0 Å². The summed E-state index contributed by atoms with van der Waals surface area (Å²) in [5.41, 5.74) is 0.401. The Bertz CT molecular complexity index is 651. The van der Waals surface area contributed by atoms with E-state index in [9.17, 15) is 4.79 Å². The number of aromatic nitrogens is 3. The minimum atomic E-state index is -0.0639. The van der Waals surface area contributed by atoms with Crippen molar-refractivity contribution in [3.8, 4) is 0 Å². The molecular formula is C14H17ClN4O2. The molecule has 0 unspecified atom stereocenters. The van der Waals surface area contributed by atoms with Crippen LogP contribution in [-0.2, 0) is 4.74 Å². The smallest absolute Gasteiger partial charge is 0.274 e. The van der Waals surface area contributed by atoms with Gasteiger partial charge in [-0.2, -0.15) is 0 Å². The van der Waals surface area contributed by atoms with E-state index in [-0.39, 0.29) is 11.9 Å². The van der Waals surface area contributed by atoms with Gasteiger partial charge in [-0.25, -0.2) is 9.97 Å². The zero-order valence-electron chi connectivity index (χ0n) is 11.8. The number of hydrogen-bond donors (Lipinski definition) is 0. The van der Waals surface area contributed by atoms with Crippen LogP contribution in [0, 0.1) is 0 Å². The molecule has 2 aromatic rings. The Kier molecular flexibility index (Phi) is 4.07. The number of carbonyl (C=O) groups excluding carboxylic acids is 1. The van der Waals surface area contributed by atoms with E-state index in [1.807, 2.05) is 11.8 Å². The highest BCUT2D eigenvalue weighted by molar-refractivity contribution is 6.30. The highest BCUT2D eigenvalue weighted by Gasteiger charge is 2.26. The predicted octanol–water partition coefficient (Wildman–Crippen LogP) is 2.02. The van der Waals surface area contributed by atoms with Gasteiger partial charge in [0.15, 0.2) is 0 Å². The number of amides is 1. The van der Waals surface area contributed by atoms with Crippen molar-refractivity contribution in [3.05, 3.63) is 29.3 Å². The molecule has 0 aromatic carbocycles. The maximum Gasteiger partial charge on any atom is 0.274 e. The maximum atomic E-state index is 12.7. The first-order valence-electron chi connectivity index (χ1n) is 7.08. The van der Waals surface area contributed by atoms with Crippen LogP contribution in [0.5, 0.6) is 0 Å². The Morgan fingerprint density at radius 1 is 1.48 bits per heavy atom. The van der Waals surface area contributed by atoms with Crippen LogP contribution >= 0.6 is 11.6 Å². The van der Waals surface area contributed by atoms with Gasteiger partial charge in [0.2, 0.25) is 5.78 Å². The molecule has 0 aliphatic carbocycles. The van der Waals surface area contributed by atoms with Gasteiger partial charge in [-0.3, -0.25) is 9.20 Å². The minimum absolute atomic E-state index is 0.0639. The standard InChI is InChI=1S/C14H17ClN4O2/c1-2-19(11-3-5-21-6-4-11)13(20)12-9-18-8-10(15)7-16-14(18)17-12/h7-9,11H,2-6H2,1H3. The van der Waals surface area contributed by atoms with E-state index in [0.717, 1.165) is 12.8 Å². The molecule has 0 atom stereocenters. The Morgan fingerprint density at radius 2 is 2.24 bits per heavy atom. The summed E-state index contributed by atoms with van der Waals surface area (Å²) in [7, 11) is 0. The van der Waals surface area contributed by atoms with E-state index in [2.05, 4.69) is 9.97 Å². The molecule has 1 fully saturated rings. The molecule has 21 heavy (non-hydrogen) atoms. The molecule has 7 heteroatoms. The monoisotopic (exact) mass is 308 g/mol. The Balaban J connectivity index is 1.86. The molecule has 2 aromatic heterocycles. The average Bonchev–Trinajstić information content (AvgIpc) is 2.92. The summed E-state index contributed by atoms with van der Waals surface area (Å²) < 4.78 is 7.03. The van der Waals surface area contributed by atoms with Crippen molar-refractivity contribution in [2.45, 2.75) is 25.8 Å². The number of rotatable bonds is 3. The summed E-state index contributed by atoms with van der Waals surface area (Å²) in [6.45, 7) is 4.05. The summed E-state index contributed by atoms with van der Waals surface area (Å²) in [6.07, 6.45) is 6.64. The maximum absolute atomic E-state index is 12.7. The number of ether oxygens (including phenoxy) is 1. The van der Waals surface area contributed by atoms with Gasteiger partial charge in [0.25, 0.3) is 5.91 Å². The zero-order chi connectivity index (χ0) is 14.8. The topological polar surface area (TPSA) is 59.7 Å². The SMILES string of the molecule is CCN(C(=O)c1cn2cc(Cl)cnc2n1)C1CCOCC1. The summed E-state index contributed by atoms with van der Waals surface area (Å²) >= 11 is 5.90. The summed E-state index contributed by atoms with van der Waals surface area (Å²) in [5, 5.41) is 0.510. The van der Waals surface area contributed by atoms with E-state index in [1.54, 1.807) is 16.8 Å². The fraction of sp³-hybridized carbons (Fsp3) is 0.500. The van der Waals surface area contributed by atoms with Crippen LogP contribution in [0.4, 0.5) is 0 Å². The predicted molar refractivity (Wildman–Crippen MR) is 78.5 cm³/mol. The van der Waals surface area contributed by atoms with E-state index in [1.165, 1.54) is 6.20 Å². The largest absolute Gasteiger partial charge is 0.381 e. The molecule has 1 amide bonds. The number of nitrogens with zero attached hydrogens (tertiary/aromatic N) is 4. The van der Waals surface area contributed by atoms with Crippen molar-refractivity contribution < 1.29 is 9.53 Å². The van der Waals surface area contributed by atoms with Crippen LogP contribution in [0.15, 0.2) is 18.6 Å². The van der Waals surface area contributed by atoms with Crippen LogP contribution in [0.3, 0.4) is 0 Å². The number of halogens is 1. The lowest BCUT2D eigenvalue weighted by molar-refractivity contribution is 0.0302. The van der Waals surface area contributed by atoms with Crippen molar-refractivity contribution in [2.75, 3.05) is 19.8 Å². The van der Waals surface area contributed by atoms with Gasteiger partial charge in [-0.05, 0) is 19.8 Å². The third-order valence-electron chi connectivity index (χ3n) is 3.73. The Hall–Kier alpha value is -1.66. The highest BCUT2D eigenvalue weighted by atomic mass is 35.5. The van der Waals surface area contributed by atoms with Gasteiger partial charge in [-0.1, -0.05) is 11.6 Å². The lowest BCUT2D eigenvalue weighted by atomic mass is 10.1. The molecule has 6 nitrogen and oxygen atoms in total. The molecule has 0 radical (unpaired) electrons. The lowest BCUT2D eigenvalue weighted by Gasteiger charge is -2.33. The molecule has 1 aliphatic rings. The van der Waals surface area contributed by atoms with Crippen molar-refractivity contribution in [1.29, 1.82) is 0 Å². The summed E-state index contributed by atoms with van der Waals surface area (Å²) in [6, 6.07) is 0.220. The Morgan fingerprint density at radius 3 is 2.95 bits per heavy atom. The van der Waals surface area contributed by atoms with Crippen LogP contribution in [0.1, 0.15) is 30.3 Å². The Labute approximate surface area is 127 Å². The van der Waals surface area contributed by atoms with E-state index < -0.39 is 0 Å². The first-order valence-corrected chi connectivity index (χ1v) is 7.46. The van der Waals surface area contributed by atoms with Crippen molar-refractivity contribution in [1.82, 2.24) is 19.3 Å². The van der Waals surface area contributed by atoms with Gasteiger partial charge in [0.05, 0.1) is 11.2 Å². The van der Waals surface area contributed by atoms with Gasteiger partial charge < -0.3 is 9.64 Å². The normalized spacial score (nSPS) is 16.3. The molecule has 0 spiro atoms. The third-order valence-corrected chi connectivity index (χ3v) is 3.93. The first kappa shape index (κ1) is 14.3. The van der Waals surface area contributed by atoms with E-state index in [0.29, 0.717) is 36.3 Å². The molecule has 1 saturated heterocycles. The van der Waals surface area contributed by atoms with Gasteiger partial charge in [0, 0.05) is 38.2 Å². The van der Waals surface area contributed by atoms with Gasteiger partial charge in [0.1, 0.15) is 5.69 Å².